The Morgan fingerprint density at radius 1 is 0.528 bits per heavy atom. The minimum absolute atomic E-state index is 0.00879. The average Bonchev–Trinajstić information content (AvgIpc) is 3.41. The van der Waals surface area contributed by atoms with Crippen LogP contribution in [0, 0.1) is 0 Å². The van der Waals surface area contributed by atoms with Gasteiger partial charge in [0.05, 0.1) is 11.0 Å². The van der Waals surface area contributed by atoms with Crippen molar-refractivity contribution in [2.45, 2.75) is 52.5 Å². The van der Waals surface area contributed by atoms with E-state index in [9.17, 15) is 0 Å². The molecule has 6 rings (SSSR count). The number of hydrogen-bond donors (Lipinski definition) is 0. The predicted molar refractivity (Wildman–Crippen MR) is 154 cm³/mol. The van der Waals surface area contributed by atoms with E-state index in [1.165, 1.54) is 33.0 Å². The summed E-state index contributed by atoms with van der Waals surface area (Å²) in [6.07, 6.45) is 0. The van der Waals surface area contributed by atoms with Crippen molar-refractivity contribution < 1.29 is 0 Å². The van der Waals surface area contributed by atoms with Gasteiger partial charge in [0.15, 0.2) is 0 Å². The zero-order valence-corrected chi connectivity index (χ0v) is 22.2. The third kappa shape index (κ3) is 4.30. The van der Waals surface area contributed by atoms with Crippen LogP contribution in [0.1, 0.15) is 47.4 Å². The molecule has 0 amide bonds. The van der Waals surface area contributed by atoms with E-state index in [0.717, 1.165) is 11.3 Å². The van der Waals surface area contributed by atoms with Crippen LogP contribution < -0.4 is 0 Å². The number of nitrogens with zero attached hydrogens (tertiary/aromatic N) is 3. The predicted octanol–water partition coefficient (Wildman–Crippen LogP) is 8.87. The summed E-state index contributed by atoms with van der Waals surface area (Å²) >= 11 is 0. The normalized spacial score (nSPS) is 12.2. The molecule has 0 unspecified atom stereocenters. The number of para-hydroxylation sites is 5. The number of benzene rings is 4. The molecule has 0 saturated carbocycles. The highest BCUT2D eigenvalue weighted by Gasteiger charge is 2.23. The quantitative estimate of drug-likeness (QED) is 0.234. The highest BCUT2D eigenvalue weighted by atomic mass is 15.1. The fourth-order valence-corrected chi connectivity index (χ4v) is 5.01. The molecule has 0 atom stereocenters. The molecule has 0 aliphatic rings. The van der Waals surface area contributed by atoms with Gasteiger partial charge >= 0.3 is 0 Å². The lowest BCUT2D eigenvalue weighted by Crippen LogP contribution is -2.21. The van der Waals surface area contributed by atoms with Gasteiger partial charge in [0.1, 0.15) is 5.82 Å². The molecule has 3 nitrogen and oxygen atoms in total. The Balaban J connectivity index is 0.000000149. The highest BCUT2D eigenvalue weighted by molar-refractivity contribution is 6.08. The molecule has 0 fully saturated rings. The monoisotopic (exact) mass is 473 g/mol. The number of rotatable bonds is 1. The first-order valence-electron chi connectivity index (χ1n) is 12.7. The number of fused-ring (bicyclic) bond motifs is 4. The maximum atomic E-state index is 4.82. The van der Waals surface area contributed by atoms with Crippen LogP contribution in [0.5, 0.6) is 0 Å². The van der Waals surface area contributed by atoms with Crippen molar-refractivity contribution in [3.05, 3.63) is 109 Å². The summed E-state index contributed by atoms with van der Waals surface area (Å²) in [6.45, 7) is 13.4. The van der Waals surface area contributed by atoms with Crippen molar-refractivity contribution >= 4 is 32.8 Å². The second-order valence-electron chi connectivity index (χ2n) is 11.4. The lowest BCUT2D eigenvalue weighted by atomic mass is 9.95. The van der Waals surface area contributed by atoms with Crippen LogP contribution >= 0.6 is 0 Å². The van der Waals surface area contributed by atoms with Crippen LogP contribution in [0.4, 0.5) is 0 Å². The van der Waals surface area contributed by atoms with Gasteiger partial charge in [0.25, 0.3) is 0 Å². The van der Waals surface area contributed by atoms with Gasteiger partial charge in [-0.3, -0.25) is 4.57 Å². The molecule has 0 bridgehead atoms. The van der Waals surface area contributed by atoms with Crippen molar-refractivity contribution in [2.24, 2.45) is 0 Å². The second-order valence-corrected chi connectivity index (χ2v) is 11.4. The van der Waals surface area contributed by atoms with Gasteiger partial charge in [-0.1, -0.05) is 87.5 Å². The Labute approximate surface area is 214 Å². The highest BCUT2D eigenvalue weighted by Crippen LogP contribution is 2.33. The van der Waals surface area contributed by atoms with Crippen LogP contribution in [0.15, 0.2) is 103 Å². The molecule has 0 spiro atoms. The van der Waals surface area contributed by atoms with Crippen molar-refractivity contribution in [2.75, 3.05) is 0 Å². The summed E-state index contributed by atoms with van der Waals surface area (Å²) in [5.74, 6) is 1.10. The number of hydrogen-bond acceptors (Lipinski definition) is 1. The van der Waals surface area contributed by atoms with E-state index in [2.05, 4.69) is 142 Å². The van der Waals surface area contributed by atoms with E-state index in [0.29, 0.717) is 0 Å². The van der Waals surface area contributed by atoms with Gasteiger partial charge < -0.3 is 4.57 Å². The molecule has 182 valence electrons. The molecule has 36 heavy (non-hydrogen) atoms. The largest absolute Gasteiger partial charge is 0.335 e. The Kier molecular flexibility index (Phi) is 5.96. The molecule has 2 aromatic heterocycles. The van der Waals surface area contributed by atoms with Gasteiger partial charge in [0.2, 0.25) is 0 Å². The van der Waals surface area contributed by atoms with Gasteiger partial charge in [-0.2, -0.15) is 0 Å². The molecule has 4 aromatic carbocycles. The van der Waals surface area contributed by atoms with Gasteiger partial charge in [0, 0.05) is 38.4 Å². The molecule has 0 radical (unpaired) electrons. The fourth-order valence-electron chi connectivity index (χ4n) is 5.01. The Morgan fingerprint density at radius 3 is 1.53 bits per heavy atom. The standard InChI is InChI=1S/C17H18N2.C16H17N/c1-17(2,3)16-18-14-11-7-8-12-15(14)19(16)13-9-5-4-6-10-13;1-16(2,3)17-14-10-6-4-8-12(14)13-9-5-7-11-15(13)17/h4-12H,1-3H3;4-11H,1-3H3. The molecule has 0 aliphatic carbocycles. The van der Waals surface area contributed by atoms with Gasteiger partial charge in [-0.15, -0.1) is 0 Å². The van der Waals surface area contributed by atoms with Crippen molar-refractivity contribution in [3.8, 4) is 5.69 Å². The molecular formula is C33H35N3. The molecule has 6 aromatic rings. The lowest BCUT2D eigenvalue weighted by Gasteiger charge is -2.24. The summed E-state index contributed by atoms with van der Waals surface area (Å²) in [5, 5.41) is 2.69. The number of aromatic nitrogens is 3. The molecule has 0 aliphatic heterocycles. The van der Waals surface area contributed by atoms with Crippen molar-refractivity contribution in [1.82, 2.24) is 14.1 Å². The summed E-state index contributed by atoms with van der Waals surface area (Å²) < 4.78 is 4.69. The Bertz CT molecular complexity index is 1580. The molecule has 3 heteroatoms. The van der Waals surface area contributed by atoms with E-state index in [1.807, 2.05) is 12.1 Å². The number of imidazole rings is 1. The maximum absolute atomic E-state index is 4.82. The van der Waals surface area contributed by atoms with Crippen LogP contribution in [0.3, 0.4) is 0 Å². The van der Waals surface area contributed by atoms with Crippen LogP contribution in [-0.2, 0) is 11.0 Å². The van der Waals surface area contributed by atoms with Crippen LogP contribution in [-0.4, -0.2) is 14.1 Å². The van der Waals surface area contributed by atoms with E-state index in [4.69, 9.17) is 4.98 Å². The molecule has 0 N–H and O–H groups in total. The first-order chi connectivity index (χ1) is 17.2. The summed E-state index contributed by atoms with van der Waals surface area (Å²) in [7, 11) is 0. The maximum Gasteiger partial charge on any atom is 0.119 e. The first-order valence-corrected chi connectivity index (χ1v) is 12.7. The smallest absolute Gasteiger partial charge is 0.119 e. The SMILES string of the molecule is CC(C)(C)c1nc2ccccc2n1-c1ccccc1.CC(C)(C)n1c2ccccc2c2ccccc21. The zero-order valence-electron chi connectivity index (χ0n) is 22.2. The molecular weight excluding hydrogens is 438 g/mol. The zero-order chi connectivity index (χ0) is 25.5. The van der Waals surface area contributed by atoms with E-state index < -0.39 is 0 Å². The van der Waals surface area contributed by atoms with Crippen molar-refractivity contribution in [1.29, 1.82) is 0 Å². The van der Waals surface area contributed by atoms with Crippen molar-refractivity contribution in [3.63, 3.8) is 0 Å². The van der Waals surface area contributed by atoms with Crippen LogP contribution in [0.2, 0.25) is 0 Å². The van der Waals surface area contributed by atoms with E-state index >= 15 is 0 Å². The summed E-state index contributed by atoms with van der Waals surface area (Å²) in [6, 6.07) is 36.0. The minimum atomic E-state index is 0.00879. The minimum Gasteiger partial charge on any atom is -0.335 e. The van der Waals surface area contributed by atoms with E-state index in [1.54, 1.807) is 0 Å². The molecule has 2 heterocycles. The summed E-state index contributed by atoms with van der Waals surface area (Å²) in [4.78, 5) is 4.82. The first kappa shape index (κ1) is 23.9. The lowest BCUT2D eigenvalue weighted by molar-refractivity contribution is 0.423. The topological polar surface area (TPSA) is 22.8 Å². The molecule has 0 saturated heterocycles. The average molecular weight is 474 g/mol. The third-order valence-electron chi connectivity index (χ3n) is 6.50. The van der Waals surface area contributed by atoms with Gasteiger partial charge in [-0.25, -0.2) is 4.98 Å². The summed E-state index contributed by atoms with van der Waals surface area (Å²) in [5.41, 5.74) is 6.14. The Hall–Kier alpha value is -3.85. The second kappa shape index (κ2) is 8.98. The fraction of sp³-hybridized carbons (Fsp3) is 0.242. The van der Waals surface area contributed by atoms with Gasteiger partial charge in [-0.05, 0) is 57.2 Å². The van der Waals surface area contributed by atoms with E-state index in [-0.39, 0.29) is 11.0 Å². The Morgan fingerprint density at radius 2 is 1.00 bits per heavy atom. The third-order valence-corrected chi connectivity index (χ3v) is 6.50. The van der Waals surface area contributed by atoms with Crippen LogP contribution in [0.25, 0.3) is 38.5 Å².